The Morgan fingerprint density at radius 3 is 3.09 bits per heavy atom. The van der Waals surface area contributed by atoms with Crippen LogP contribution in [0.5, 0.6) is 0 Å². The van der Waals surface area contributed by atoms with Gasteiger partial charge in [0.05, 0.1) is 12.5 Å². The quantitative estimate of drug-likeness (QED) is 0.445. The first-order chi connectivity index (χ1) is 4.88. The molecule has 0 atom stereocenters. The molecule has 0 saturated carbocycles. The van der Waals surface area contributed by atoms with Crippen molar-refractivity contribution in [2.45, 2.75) is 0 Å². The predicted molar refractivity (Wildman–Crippen MR) is 38.9 cm³/mol. The van der Waals surface area contributed by atoms with Crippen LogP contribution in [0.4, 0.5) is 0 Å². The zero-order valence-corrected chi connectivity index (χ0v) is 10.4. The summed E-state index contributed by atoms with van der Waals surface area (Å²) >= 11 is 5.72. The van der Waals surface area contributed by atoms with E-state index in [1.807, 2.05) is 0 Å². The summed E-state index contributed by atoms with van der Waals surface area (Å²) in [6.45, 7) is 0.549. The molecule has 6 heteroatoms. The number of rotatable bonds is 0. The fraction of sp³-hybridized carbons (Fsp3) is 0.200. The second-order valence-corrected chi connectivity index (χ2v) is 2.23. The molecule has 0 spiro atoms. The van der Waals surface area contributed by atoms with E-state index >= 15 is 0 Å². The van der Waals surface area contributed by atoms with E-state index in [1.54, 1.807) is 0 Å². The number of halogens is 1. The summed E-state index contributed by atoms with van der Waals surface area (Å²) < 4.78 is 0. The van der Waals surface area contributed by atoms with Gasteiger partial charge in [-0.1, -0.05) is 0 Å². The average Bonchev–Trinajstić information content (AvgIpc) is 2.36. The van der Waals surface area contributed by atoms with Crippen LogP contribution >= 0.6 is 11.6 Å². The maximum absolute atomic E-state index is 5.72. The maximum atomic E-state index is 5.72. The predicted octanol–water partition coefficient (Wildman–Crippen LogP) is -0.138. The third-order valence-electron chi connectivity index (χ3n) is 1.26. The monoisotopic (exact) mass is 393 g/mol. The van der Waals surface area contributed by atoms with Crippen molar-refractivity contribution in [3.05, 3.63) is 10.9 Å². The number of hydrogen-bond donors (Lipinski definition) is 2. The van der Waals surface area contributed by atoms with Gasteiger partial charge in [-0.3, -0.25) is 0 Å². The topological polar surface area (TPSA) is 48.8 Å². The number of aliphatic imine (C=N–C) groups is 2. The van der Waals surface area contributed by atoms with Crippen molar-refractivity contribution < 1.29 is 31.1 Å². The standard InChI is InChI=1S/C5H4ClN4.U/c6-4-3-5(9-1-7-3)10-2-8-4;/h7H,1H2,(H,8,9,10);/q-1;. The van der Waals surface area contributed by atoms with Crippen molar-refractivity contribution in [1.82, 2.24) is 10.6 Å². The van der Waals surface area contributed by atoms with Gasteiger partial charge in [0.15, 0.2) is 0 Å². The zero-order chi connectivity index (χ0) is 6.97. The van der Waals surface area contributed by atoms with E-state index in [9.17, 15) is 0 Å². The first-order valence-electron chi connectivity index (χ1n) is 2.78. The van der Waals surface area contributed by atoms with E-state index in [2.05, 4.69) is 27.0 Å². The number of amidine groups is 1. The van der Waals surface area contributed by atoms with Crippen molar-refractivity contribution in [2.75, 3.05) is 6.67 Å². The number of fused-ring (bicyclic) bond motifs is 1. The van der Waals surface area contributed by atoms with Crippen molar-refractivity contribution in [2.24, 2.45) is 9.98 Å². The largest absolute Gasteiger partial charge is 0.442 e. The summed E-state index contributed by atoms with van der Waals surface area (Å²) in [6, 6.07) is 0. The van der Waals surface area contributed by atoms with Gasteiger partial charge in [-0.25, -0.2) is 0 Å². The van der Waals surface area contributed by atoms with Gasteiger partial charge >= 0.3 is 0 Å². The second-order valence-electron chi connectivity index (χ2n) is 1.85. The Balaban J connectivity index is 0.000000605. The normalized spacial score (nSPS) is 19.5. The van der Waals surface area contributed by atoms with Gasteiger partial charge in [0.1, 0.15) is 0 Å². The van der Waals surface area contributed by atoms with Gasteiger partial charge in [0, 0.05) is 48.3 Å². The van der Waals surface area contributed by atoms with E-state index in [0.29, 0.717) is 17.7 Å². The molecule has 0 aliphatic carbocycles. The molecule has 0 saturated heterocycles. The molecule has 2 aliphatic rings. The van der Waals surface area contributed by atoms with E-state index in [0.717, 1.165) is 5.70 Å². The molecule has 4 nitrogen and oxygen atoms in total. The van der Waals surface area contributed by atoms with Crippen LogP contribution < -0.4 is 10.6 Å². The summed E-state index contributed by atoms with van der Waals surface area (Å²) in [5, 5.41) is 6.10. The minimum absolute atomic E-state index is 0. The van der Waals surface area contributed by atoms with Crippen LogP contribution in [0.1, 0.15) is 0 Å². The molecular formula is C5H4ClN4U-. The van der Waals surface area contributed by atoms with Crippen LogP contribution in [-0.2, 0) is 0 Å². The molecular weight excluding hydrogens is 390 g/mol. The Morgan fingerprint density at radius 1 is 1.55 bits per heavy atom. The summed E-state index contributed by atoms with van der Waals surface area (Å²) in [5.74, 6) is 0.628. The van der Waals surface area contributed by atoms with Crippen molar-refractivity contribution in [3.8, 4) is 0 Å². The fourth-order valence-electron chi connectivity index (χ4n) is 0.811. The van der Waals surface area contributed by atoms with Crippen molar-refractivity contribution in [3.63, 3.8) is 0 Å². The second kappa shape index (κ2) is 3.61. The third-order valence-corrected chi connectivity index (χ3v) is 1.54. The molecule has 0 aromatic rings. The maximum Gasteiger partial charge on any atom is 0.0949 e. The minimum atomic E-state index is 0. The third kappa shape index (κ3) is 1.61. The number of nitrogens with one attached hydrogen (secondary N) is 2. The van der Waals surface area contributed by atoms with Crippen LogP contribution in [0, 0.1) is 31.1 Å². The first-order valence-corrected chi connectivity index (χ1v) is 3.16. The Labute approximate surface area is 92.6 Å². The molecule has 2 rings (SSSR count). The molecule has 0 aromatic carbocycles. The summed E-state index contributed by atoms with van der Waals surface area (Å²) in [4.78, 5) is 7.83. The molecule has 0 radical (unpaired) electrons. The Morgan fingerprint density at radius 2 is 2.36 bits per heavy atom. The van der Waals surface area contributed by atoms with Crippen LogP contribution in [0.3, 0.4) is 0 Å². The zero-order valence-electron chi connectivity index (χ0n) is 5.48. The SMILES string of the molecule is ClC1=C2NCN=C2N=[C-]N1.[U]. The number of nitrogens with zero attached hydrogens (tertiary/aromatic N) is 2. The Kier molecular flexibility index (Phi) is 2.99. The van der Waals surface area contributed by atoms with Crippen molar-refractivity contribution >= 4 is 23.8 Å². The molecule has 2 heterocycles. The van der Waals surface area contributed by atoms with Gasteiger partial charge in [-0.05, 0) is 0 Å². The summed E-state index contributed by atoms with van der Waals surface area (Å²) in [7, 11) is 0. The molecule has 2 N–H and O–H groups in total. The van der Waals surface area contributed by atoms with E-state index < -0.39 is 0 Å². The minimum Gasteiger partial charge on any atom is -0.442 e. The summed E-state index contributed by atoms with van der Waals surface area (Å²) in [5.41, 5.74) is 0.764. The van der Waals surface area contributed by atoms with Crippen molar-refractivity contribution in [1.29, 1.82) is 0 Å². The van der Waals surface area contributed by atoms with E-state index in [1.165, 1.54) is 0 Å². The van der Waals surface area contributed by atoms with Crippen LogP contribution in [0.15, 0.2) is 20.8 Å². The molecule has 11 heavy (non-hydrogen) atoms. The first kappa shape index (κ1) is 9.11. The molecule has 0 fully saturated rings. The van der Waals surface area contributed by atoms with Gasteiger partial charge in [0.25, 0.3) is 0 Å². The molecule has 0 amide bonds. The van der Waals surface area contributed by atoms with Crippen LogP contribution in [0.2, 0.25) is 0 Å². The van der Waals surface area contributed by atoms with E-state index in [4.69, 9.17) is 11.6 Å². The van der Waals surface area contributed by atoms with Gasteiger partial charge < -0.3 is 20.6 Å². The van der Waals surface area contributed by atoms with Crippen LogP contribution in [0.25, 0.3) is 0 Å². The summed E-state index contributed by atoms with van der Waals surface area (Å²) in [6.07, 6.45) is 2.52. The molecule has 0 unspecified atom stereocenters. The molecule has 0 aromatic heterocycles. The molecule has 0 bridgehead atoms. The molecule has 2 aliphatic heterocycles. The average molecular weight is 394 g/mol. The molecule has 56 valence electrons. The smallest absolute Gasteiger partial charge is 0.0949 e. The number of hydrogen-bond acceptors (Lipinski definition) is 4. The van der Waals surface area contributed by atoms with Gasteiger partial charge in [-0.15, -0.1) is 11.6 Å². The Bertz CT molecular complexity index is 257. The van der Waals surface area contributed by atoms with E-state index in [-0.39, 0.29) is 31.1 Å². The van der Waals surface area contributed by atoms with Gasteiger partial charge in [0.2, 0.25) is 0 Å². The fourth-order valence-corrected chi connectivity index (χ4v) is 1.00. The Hall–Kier alpha value is 0.0219. The van der Waals surface area contributed by atoms with Gasteiger partial charge in [-0.2, -0.15) is 0 Å². The van der Waals surface area contributed by atoms with Crippen LogP contribution in [-0.4, -0.2) is 18.8 Å².